The van der Waals surface area contributed by atoms with Gasteiger partial charge in [-0.15, -0.1) is 0 Å². The van der Waals surface area contributed by atoms with Crippen molar-refractivity contribution in [3.8, 4) is 0 Å². The number of nitrogens with zero attached hydrogens (tertiary/aromatic N) is 8. The summed E-state index contributed by atoms with van der Waals surface area (Å²) in [5, 5.41) is 6.00. The third kappa shape index (κ3) is 8.80. The lowest BCUT2D eigenvalue weighted by molar-refractivity contribution is -0.136. The van der Waals surface area contributed by atoms with Crippen LogP contribution in [0.5, 0.6) is 0 Å². The number of nitrogens with two attached hydrogens (primary N) is 1. The van der Waals surface area contributed by atoms with Crippen molar-refractivity contribution in [2.75, 3.05) is 74.0 Å². The normalized spacial score (nSPS) is 18.1. The van der Waals surface area contributed by atoms with Gasteiger partial charge in [-0.2, -0.15) is 0 Å². The number of anilines is 4. The number of aromatic nitrogens is 3. The number of rotatable bonds is 12. The Morgan fingerprint density at radius 1 is 1.06 bits per heavy atom. The Bertz CT molecular complexity index is 1880. The van der Waals surface area contributed by atoms with Gasteiger partial charge in [-0.3, -0.25) is 34.2 Å². The fourth-order valence-electron chi connectivity index (χ4n) is 6.97. The summed E-state index contributed by atoms with van der Waals surface area (Å²) in [6.45, 7) is 13.8. The van der Waals surface area contributed by atoms with Crippen LogP contribution in [0.25, 0.3) is 0 Å². The number of carbonyl (C=O) groups excluding carboxylic acids is 5. The highest BCUT2D eigenvalue weighted by Gasteiger charge is 2.35. The molecule has 3 saturated heterocycles. The number of thiazole rings is 1. The summed E-state index contributed by atoms with van der Waals surface area (Å²) >= 11 is 1.17. The summed E-state index contributed by atoms with van der Waals surface area (Å²) in [4.78, 5) is 86.4. The van der Waals surface area contributed by atoms with E-state index in [0.717, 1.165) is 56.2 Å². The number of nitrogens with one attached hydrogen (secondary N) is 2. The van der Waals surface area contributed by atoms with Crippen LogP contribution in [0.4, 0.5) is 22.5 Å². The van der Waals surface area contributed by atoms with Crippen molar-refractivity contribution >= 4 is 63.3 Å². The maximum Gasteiger partial charge on any atom is 0.260 e. The number of hydrogen-bond donors (Lipinski definition) is 3. The Hall–Kier alpha value is -5.42. The summed E-state index contributed by atoms with van der Waals surface area (Å²) < 4.78 is 0. The van der Waals surface area contributed by atoms with Gasteiger partial charge in [0.25, 0.3) is 11.8 Å². The standard InChI is InChI=1S/C36H45N11O5S/c1-4-47(26-10-11-30(48)42-34(26)51)35(52)32-23(2)7-5-8-25(32)44-17-19-46(20-18-44)31(49)9-6-12-43-13-15-45(16-14-43)29-21-28(39-24(3)40-29)41-36-38-22-27(53-36)33(37)50/h4-5,7-8,21-22,26H,1,6,9-20H2,2-3H3,(H2,37,50)(H,42,48,51)(H,38,39,40,41). The first-order valence-electron chi connectivity index (χ1n) is 17.8. The molecule has 1 aromatic carbocycles. The number of imide groups is 1. The van der Waals surface area contributed by atoms with E-state index in [9.17, 15) is 24.0 Å². The molecule has 5 heterocycles. The van der Waals surface area contributed by atoms with Crippen molar-refractivity contribution in [3.63, 3.8) is 0 Å². The molecule has 1 unspecified atom stereocenters. The molecule has 0 aliphatic carbocycles. The lowest BCUT2D eigenvalue weighted by Gasteiger charge is -2.38. The Morgan fingerprint density at radius 3 is 2.47 bits per heavy atom. The Kier molecular flexibility index (Phi) is 11.6. The van der Waals surface area contributed by atoms with Crippen LogP contribution < -0.4 is 26.2 Å². The Labute approximate surface area is 312 Å². The molecule has 3 aliphatic rings. The molecular weight excluding hydrogens is 699 g/mol. The van der Waals surface area contributed by atoms with Crippen molar-refractivity contribution in [1.29, 1.82) is 0 Å². The first kappa shape index (κ1) is 37.3. The van der Waals surface area contributed by atoms with Crippen LogP contribution in [0.15, 0.2) is 43.2 Å². The lowest BCUT2D eigenvalue weighted by atomic mass is 10.00. The van der Waals surface area contributed by atoms with Gasteiger partial charge in [0.15, 0.2) is 5.13 Å². The largest absolute Gasteiger partial charge is 0.367 e. The third-order valence-electron chi connectivity index (χ3n) is 9.78. The van der Waals surface area contributed by atoms with Crippen molar-refractivity contribution < 1.29 is 24.0 Å². The second-order valence-electron chi connectivity index (χ2n) is 13.3. The average Bonchev–Trinajstić information content (AvgIpc) is 3.61. The number of aryl methyl sites for hydroxylation is 2. The second kappa shape index (κ2) is 16.5. The van der Waals surface area contributed by atoms with E-state index in [0.29, 0.717) is 59.8 Å². The van der Waals surface area contributed by atoms with Crippen LogP contribution >= 0.6 is 11.3 Å². The number of hydrogen-bond acceptors (Lipinski definition) is 13. The molecule has 1 atom stereocenters. The van der Waals surface area contributed by atoms with Gasteiger partial charge in [-0.1, -0.05) is 30.0 Å². The van der Waals surface area contributed by atoms with Gasteiger partial charge in [0, 0.05) is 83.2 Å². The molecule has 0 radical (unpaired) electrons. The van der Waals surface area contributed by atoms with Gasteiger partial charge in [0.05, 0.1) is 11.8 Å². The van der Waals surface area contributed by atoms with Gasteiger partial charge >= 0.3 is 0 Å². The molecule has 3 aliphatic heterocycles. The fraction of sp³-hybridized carbons (Fsp3) is 0.444. The van der Waals surface area contributed by atoms with Gasteiger partial charge < -0.3 is 30.7 Å². The van der Waals surface area contributed by atoms with Crippen molar-refractivity contribution in [1.82, 2.24) is 35.0 Å². The highest BCUT2D eigenvalue weighted by Crippen LogP contribution is 2.29. The minimum atomic E-state index is -0.807. The second-order valence-corrected chi connectivity index (χ2v) is 14.3. The maximum absolute atomic E-state index is 13.9. The summed E-state index contributed by atoms with van der Waals surface area (Å²) in [6.07, 6.45) is 4.41. The number of benzene rings is 1. The molecule has 3 aromatic rings. The molecular formula is C36H45N11O5S. The molecule has 0 saturated carbocycles. The molecule has 4 N–H and O–H groups in total. The number of amides is 5. The first-order chi connectivity index (χ1) is 25.5. The zero-order chi connectivity index (χ0) is 37.6. The number of primary amides is 1. The lowest BCUT2D eigenvalue weighted by Crippen LogP contribution is -2.53. The van der Waals surface area contributed by atoms with E-state index in [1.54, 1.807) is 0 Å². The molecule has 0 spiro atoms. The summed E-state index contributed by atoms with van der Waals surface area (Å²) in [5.74, 6) is 0.438. The Morgan fingerprint density at radius 2 is 1.79 bits per heavy atom. The molecule has 53 heavy (non-hydrogen) atoms. The summed E-state index contributed by atoms with van der Waals surface area (Å²) in [6, 6.07) is 6.73. The molecule has 17 heteroatoms. The fourth-order valence-corrected chi connectivity index (χ4v) is 7.64. The van der Waals surface area contributed by atoms with E-state index < -0.39 is 17.9 Å². The van der Waals surface area contributed by atoms with Crippen LogP contribution in [0.3, 0.4) is 0 Å². The molecule has 3 fully saturated rings. The summed E-state index contributed by atoms with van der Waals surface area (Å²) in [5.41, 5.74) is 7.36. The van der Waals surface area contributed by atoms with Crippen molar-refractivity contribution in [2.45, 2.75) is 45.6 Å². The number of piperidine rings is 1. The highest BCUT2D eigenvalue weighted by molar-refractivity contribution is 7.17. The van der Waals surface area contributed by atoms with E-state index in [1.165, 1.54) is 28.6 Å². The number of carbonyl (C=O) groups is 5. The average molecular weight is 744 g/mol. The predicted octanol–water partition coefficient (Wildman–Crippen LogP) is 2.03. The molecule has 6 rings (SSSR count). The van der Waals surface area contributed by atoms with Gasteiger partial charge in [-0.25, -0.2) is 15.0 Å². The van der Waals surface area contributed by atoms with Crippen LogP contribution in [-0.2, 0) is 14.4 Å². The van der Waals surface area contributed by atoms with E-state index in [2.05, 4.69) is 46.9 Å². The van der Waals surface area contributed by atoms with Crippen molar-refractivity contribution in [3.05, 3.63) is 65.1 Å². The van der Waals surface area contributed by atoms with Gasteiger partial charge in [-0.05, 0) is 44.9 Å². The number of piperazine rings is 2. The molecule has 280 valence electrons. The monoisotopic (exact) mass is 743 g/mol. The minimum absolute atomic E-state index is 0.124. The maximum atomic E-state index is 13.9. The summed E-state index contributed by atoms with van der Waals surface area (Å²) in [7, 11) is 0. The minimum Gasteiger partial charge on any atom is -0.367 e. The smallest absolute Gasteiger partial charge is 0.260 e. The van der Waals surface area contributed by atoms with Crippen LogP contribution in [0.2, 0.25) is 0 Å². The molecule has 0 bridgehead atoms. The zero-order valence-corrected chi connectivity index (χ0v) is 30.9. The van der Waals surface area contributed by atoms with Gasteiger partial charge in [0.2, 0.25) is 17.7 Å². The highest BCUT2D eigenvalue weighted by atomic mass is 32.1. The quantitative estimate of drug-likeness (QED) is 0.229. The third-order valence-corrected chi connectivity index (χ3v) is 10.7. The molecule has 2 aromatic heterocycles. The topological polar surface area (TPSA) is 190 Å². The molecule has 5 amide bonds. The predicted molar refractivity (Wildman–Crippen MR) is 201 cm³/mol. The van der Waals surface area contributed by atoms with Crippen LogP contribution in [0.1, 0.15) is 57.1 Å². The Balaban J connectivity index is 0.962. The van der Waals surface area contributed by atoms with E-state index in [4.69, 9.17) is 5.73 Å². The van der Waals surface area contributed by atoms with Crippen LogP contribution in [0, 0.1) is 13.8 Å². The van der Waals surface area contributed by atoms with Crippen LogP contribution in [-0.4, -0.2) is 124 Å². The first-order valence-corrected chi connectivity index (χ1v) is 18.6. The SMILES string of the molecule is C=CN(C(=O)c1c(C)cccc1N1CCN(C(=O)CCCN2CCN(c3cc(Nc4ncc(C(N)=O)s4)nc(C)n3)CC2)CC1)C1CCC(=O)NC1=O. The zero-order valence-electron chi connectivity index (χ0n) is 30.0. The van der Waals surface area contributed by atoms with Gasteiger partial charge in [0.1, 0.15) is 28.4 Å². The van der Waals surface area contributed by atoms with E-state index >= 15 is 0 Å². The molecule has 16 nitrogen and oxygen atoms in total. The van der Waals surface area contributed by atoms with E-state index in [-0.39, 0.29) is 30.6 Å². The van der Waals surface area contributed by atoms with Crippen molar-refractivity contribution in [2.24, 2.45) is 5.73 Å². The van der Waals surface area contributed by atoms with E-state index in [1.807, 2.05) is 43.0 Å².